The highest BCUT2D eigenvalue weighted by Gasteiger charge is 2.21. The fourth-order valence-electron chi connectivity index (χ4n) is 3.20. The van der Waals surface area contributed by atoms with Gasteiger partial charge in [0.1, 0.15) is 0 Å². The van der Waals surface area contributed by atoms with E-state index in [1.807, 2.05) is 4.90 Å². The van der Waals surface area contributed by atoms with E-state index >= 15 is 0 Å². The van der Waals surface area contributed by atoms with Crippen LogP contribution >= 0.6 is 0 Å². The Balaban J connectivity index is 1.52. The molecule has 0 aliphatic carbocycles. The molecule has 1 fully saturated rings. The van der Waals surface area contributed by atoms with Gasteiger partial charge in [0.2, 0.25) is 0 Å². The van der Waals surface area contributed by atoms with Crippen molar-refractivity contribution < 1.29 is 9.59 Å². The Morgan fingerprint density at radius 2 is 1.73 bits per heavy atom. The van der Waals surface area contributed by atoms with Crippen LogP contribution in [0.25, 0.3) is 0 Å². The number of amides is 2. The first-order chi connectivity index (χ1) is 12.5. The standard InChI is InChI=1S/C21H25N3O2/c1-16-5-3-6-18(13-16)15-23-9-11-24(12-10-23)21(26)22-20-8-4-7-19(14-20)17(2)25/h3-8,13-14H,9-12,15H2,1-2H3,(H,22,26). The summed E-state index contributed by atoms with van der Waals surface area (Å²) >= 11 is 0. The molecular weight excluding hydrogens is 326 g/mol. The van der Waals surface area contributed by atoms with Crippen molar-refractivity contribution in [2.45, 2.75) is 20.4 Å². The summed E-state index contributed by atoms with van der Waals surface area (Å²) in [6.07, 6.45) is 0. The lowest BCUT2D eigenvalue weighted by atomic mass is 10.1. The summed E-state index contributed by atoms with van der Waals surface area (Å²) in [5.74, 6) is -0.00846. The lowest BCUT2D eigenvalue weighted by Crippen LogP contribution is -2.49. The number of nitrogens with one attached hydrogen (secondary N) is 1. The molecule has 1 saturated heterocycles. The lowest BCUT2D eigenvalue weighted by molar-refractivity contribution is 0.101. The van der Waals surface area contributed by atoms with Gasteiger partial charge in [-0.05, 0) is 31.5 Å². The van der Waals surface area contributed by atoms with Crippen LogP contribution in [0.15, 0.2) is 48.5 Å². The molecule has 0 bridgehead atoms. The Bertz CT molecular complexity index is 795. The van der Waals surface area contributed by atoms with Crippen molar-refractivity contribution in [3.63, 3.8) is 0 Å². The summed E-state index contributed by atoms with van der Waals surface area (Å²) in [6, 6.07) is 15.5. The molecule has 0 aromatic heterocycles. The van der Waals surface area contributed by atoms with Crippen molar-refractivity contribution in [3.05, 3.63) is 65.2 Å². The van der Waals surface area contributed by atoms with E-state index in [9.17, 15) is 9.59 Å². The molecule has 2 aromatic rings. The molecule has 0 saturated carbocycles. The average Bonchev–Trinajstić information content (AvgIpc) is 2.62. The minimum Gasteiger partial charge on any atom is -0.322 e. The number of hydrogen-bond donors (Lipinski definition) is 1. The van der Waals surface area contributed by atoms with Gasteiger partial charge in [-0.2, -0.15) is 0 Å². The van der Waals surface area contributed by atoms with Crippen molar-refractivity contribution in [3.8, 4) is 0 Å². The van der Waals surface area contributed by atoms with E-state index in [2.05, 4.69) is 41.4 Å². The number of ketones is 1. The third kappa shape index (κ3) is 4.70. The number of nitrogens with zero attached hydrogens (tertiary/aromatic N) is 2. The quantitative estimate of drug-likeness (QED) is 0.857. The molecule has 0 unspecified atom stereocenters. The molecule has 1 aliphatic rings. The molecule has 0 spiro atoms. The maximum atomic E-state index is 12.5. The molecule has 0 radical (unpaired) electrons. The zero-order valence-corrected chi connectivity index (χ0v) is 15.4. The molecule has 5 nitrogen and oxygen atoms in total. The predicted molar refractivity (Wildman–Crippen MR) is 103 cm³/mol. The second-order valence-electron chi connectivity index (χ2n) is 6.82. The highest BCUT2D eigenvalue weighted by atomic mass is 16.2. The Hall–Kier alpha value is -2.66. The molecule has 1 N–H and O–H groups in total. The highest BCUT2D eigenvalue weighted by Crippen LogP contribution is 2.14. The highest BCUT2D eigenvalue weighted by molar-refractivity contribution is 5.96. The van der Waals surface area contributed by atoms with Gasteiger partial charge >= 0.3 is 6.03 Å². The minimum atomic E-state index is -0.110. The van der Waals surface area contributed by atoms with Crippen molar-refractivity contribution in [1.82, 2.24) is 9.80 Å². The first kappa shape index (κ1) is 18.1. The third-order valence-electron chi connectivity index (χ3n) is 4.67. The molecule has 2 aromatic carbocycles. The Kier molecular flexibility index (Phi) is 5.68. The number of anilines is 1. The lowest BCUT2D eigenvalue weighted by Gasteiger charge is -2.34. The maximum absolute atomic E-state index is 12.5. The van der Waals surface area contributed by atoms with Crippen LogP contribution < -0.4 is 5.32 Å². The topological polar surface area (TPSA) is 52.7 Å². The van der Waals surface area contributed by atoms with Crippen LogP contribution in [-0.4, -0.2) is 47.8 Å². The Morgan fingerprint density at radius 1 is 1.00 bits per heavy atom. The third-order valence-corrected chi connectivity index (χ3v) is 4.67. The number of carbonyl (C=O) groups excluding carboxylic acids is 2. The molecular formula is C21H25N3O2. The maximum Gasteiger partial charge on any atom is 0.321 e. The Labute approximate surface area is 154 Å². The summed E-state index contributed by atoms with van der Waals surface area (Å²) in [5.41, 5.74) is 3.84. The van der Waals surface area contributed by atoms with Crippen molar-refractivity contribution in [2.75, 3.05) is 31.5 Å². The number of piperazine rings is 1. The first-order valence-corrected chi connectivity index (χ1v) is 8.96. The van der Waals surface area contributed by atoms with E-state index in [0.717, 1.165) is 19.6 Å². The monoisotopic (exact) mass is 351 g/mol. The van der Waals surface area contributed by atoms with E-state index in [1.54, 1.807) is 24.3 Å². The van der Waals surface area contributed by atoms with Gasteiger partial charge < -0.3 is 10.2 Å². The molecule has 3 rings (SSSR count). The van der Waals surface area contributed by atoms with Crippen molar-refractivity contribution >= 4 is 17.5 Å². The molecule has 2 amide bonds. The molecule has 1 heterocycles. The van der Waals surface area contributed by atoms with Crippen LogP contribution in [-0.2, 0) is 6.54 Å². The van der Waals surface area contributed by atoms with Gasteiger partial charge in [0.15, 0.2) is 5.78 Å². The SMILES string of the molecule is CC(=O)c1cccc(NC(=O)N2CCN(Cc3cccc(C)c3)CC2)c1. The molecule has 5 heteroatoms. The number of carbonyl (C=O) groups is 2. The summed E-state index contributed by atoms with van der Waals surface area (Å²) < 4.78 is 0. The van der Waals surface area contributed by atoms with Crippen LogP contribution in [0.4, 0.5) is 10.5 Å². The molecule has 1 aliphatic heterocycles. The summed E-state index contributed by atoms with van der Waals surface area (Å²) in [6.45, 7) is 7.65. The second kappa shape index (κ2) is 8.15. The molecule has 26 heavy (non-hydrogen) atoms. The van der Waals surface area contributed by atoms with Gasteiger partial charge in [0.25, 0.3) is 0 Å². The molecule has 0 atom stereocenters. The fourth-order valence-corrected chi connectivity index (χ4v) is 3.20. The number of rotatable bonds is 4. The van der Waals surface area contributed by atoms with Gasteiger partial charge in [0.05, 0.1) is 0 Å². The van der Waals surface area contributed by atoms with E-state index in [0.29, 0.717) is 24.3 Å². The summed E-state index contributed by atoms with van der Waals surface area (Å²) in [7, 11) is 0. The van der Waals surface area contributed by atoms with E-state index in [1.165, 1.54) is 18.1 Å². The zero-order chi connectivity index (χ0) is 18.5. The van der Waals surface area contributed by atoms with Crippen molar-refractivity contribution in [2.24, 2.45) is 0 Å². The smallest absolute Gasteiger partial charge is 0.321 e. The van der Waals surface area contributed by atoms with Crippen LogP contribution in [0.1, 0.15) is 28.4 Å². The number of Topliss-reactive ketones (excluding diaryl/α,β-unsaturated/α-hetero) is 1. The second-order valence-corrected chi connectivity index (χ2v) is 6.82. The van der Waals surface area contributed by atoms with Crippen LogP contribution in [0.5, 0.6) is 0 Å². The van der Waals surface area contributed by atoms with E-state index < -0.39 is 0 Å². The fraction of sp³-hybridized carbons (Fsp3) is 0.333. The van der Waals surface area contributed by atoms with Gasteiger partial charge in [0, 0.05) is 44.0 Å². The Morgan fingerprint density at radius 3 is 2.42 bits per heavy atom. The number of hydrogen-bond acceptors (Lipinski definition) is 3. The number of urea groups is 1. The van der Waals surface area contributed by atoms with Gasteiger partial charge in [-0.15, -0.1) is 0 Å². The molecule has 136 valence electrons. The average molecular weight is 351 g/mol. The number of benzene rings is 2. The normalized spacial score (nSPS) is 14.9. The zero-order valence-electron chi connectivity index (χ0n) is 15.4. The van der Waals surface area contributed by atoms with Crippen LogP contribution in [0.3, 0.4) is 0 Å². The van der Waals surface area contributed by atoms with E-state index in [-0.39, 0.29) is 11.8 Å². The largest absolute Gasteiger partial charge is 0.322 e. The van der Waals surface area contributed by atoms with Crippen molar-refractivity contribution in [1.29, 1.82) is 0 Å². The minimum absolute atomic E-state index is 0.00846. The summed E-state index contributed by atoms with van der Waals surface area (Å²) in [4.78, 5) is 28.1. The van der Waals surface area contributed by atoms with Gasteiger partial charge in [-0.3, -0.25) is 9.69 Å². The first-order valence-electron chi connectivity index (χ1n) is 8.96. The predicted octanol–water partition coefficient (Wildman–Crippen LogP) is 3.55. The van der Waals surface area contributed by atoms with Gasteiger partial charge in [-0.1, -0.05) is 42.0 Å². The van der Waals surface area contributed by atoms with E-state index in [4.69, 9.17) is 0 Å². The van der Waals surface area contributed by atoms with Gasteiger partial charge in [-0.25, -0.2) is 4.79 Å². The summed E-state index contributed by atoms with van der Waals surface area (Å²) in [5, 5.41) is 2.90. The van der Waals surface area contributed by atoms with Crippen LogP contribution in [0, 0.1) is 6.92 Å². The number of aryl methyl sites for hydroxylation is 1. The van der Waals surface area contributed by atoms with Crippen LogP contribution in [0.2, 0.25) is 0 Å².